The van der Waals surface area contributed by atoms with Gasteiger partial charge in [-0.2, -0.15) is 4.68 Å². The summed E-state index contributed by atoms with van der Waals surface area (Å²) in [5.74, 6) is 0.0335. The van der Waals surface area contributed by atoms with Gasteiger partial charge >= 0.3 is 0 Å². The van der Waals surface area contributed by atoms with Crippen molar-refractivity contribution in [3.05, 3.63) is 60.2 Å². The van der Waals surface area contributed by atoms with Crippen LogP contribution in [0.1, 0.15) is 5.56 Å². The van der Waals surface area contributed by atoms with Crippen LogP contribution in [0.2, 0.25) is 0 Å². The Kier molecular flexibility index (Phi) is 6.39. The topological polar surface area (TPSA) is 133 Å². The molecule has 11 heteroatoms. The summed E-state index contributed by atoms with van der Waals surface area (Å²) in [6, 6.07) is 15.7. The number of sulfonamides is 1. The number of primary sulfonamides is 1. The Morgan fingerprint density at radius 3 is 2.50 bits per heavy atom. The predicted molar refractivity (Wildman–Crippen MR) is 104 cm³/mol. The van der Waals surface area contributed by atoms with Crippen LogP contribution in [0.5, 0.6) is 0 Å². The van der Waals surface area contributed by atoms with Crippen molar-refractivity contribution in [2.24, 2.45) is 5.14 Å². The molecule has 0 atom stereocenters. The molecule has 1 heterocycles. The third-order valence-corrected chi connectivity index (χ3v) is 5.61. The number of tetrazole rings is 1. The minimum absolute atomic E-state index is 0.0628. The number of carbonyl (C=O) groups is 1. The average molecular weight is 419 g/mol. The molecule has 0 bridgehead atoms. The van der Waals surface area contributed by atoms with E-state index in [1.165, 1.54) is 23.9 Å². The summed E-state index contributed by atoms with van der Waals surface area (Å²) >= 11 is 1.24. The van der Waals surface area contributed by atoms with Crippen molar-refractivity contribution in [1.29, 1.82) is 0 Å². The number of nitrogens with one attached hydrogen (secondary N) is 1. The van der Waals surface area contributed by atoms with Crippen molar-refractivity contribution >= 4 is 27.7 Å². The van der Waals surface area contributed by atoms with Gasteiger partial charge in [0.15, 0.2) is 0 Å². The highest BCUT2D eigenvalue weighted by Gasteiger charge is 2.11. The number of para-hydroxylation sites is 1. The summed E-state index contributed by atoms with van der Waals surface area (Å²) in [4.78, 5) is 12.1. The van der Waals surface area contributed by atoms with E-state index in [1.807, 2.05) is 30.3 Å². The number of amides is 1. The van der Waals surface area contributed by atoms with E-state index in [0.717, 1.165) is 11.3 Å². The molecule has 3 rings (SSSR count). The van der Waals surface area contributed by atoms with E-state index < -0.39 is 10.0 Å². The van der Waals surface area contributed by atoms with Crippen molar-refractivity contribution < 1.29 is 13.2 Å². The highest BCUT2D eigenvalue weighted by molar-refractivity contribution is 7.99. The molecule has 9 nitrogen and oxygen atoms in total. The van der Waals surface area contributed by atoms with Crippen LogP contribution in [-0.2, 0) is 21.2 Å². The van der Waals surface area contributed by atoms with Crippen molar-refractivity contribution in [2.75, 3.05) is 12.3 Å². The van der Waals surface area contributed by atoms with E-state index in [4.69, 9.17) is 5.14 Å². The summed E-state index contributed by atoms with van der Waals surface area (Å²) in [7, 11) is -3.70. The first-order valence-corrected chi connectivity index (χ1v) is 10.8. The van der Waals surface area contributed by atoms with Gasteiger partial charge in [0, 0.05) is 6.54 Å². The van der Waals surface area contributed by atoms with Crippen LogP contribution in [0.15, 0.2) is 64.6 Å². The first-order valence-electron chi connectivity index (χ1n) is 8.28. The lowest BCUT2D eigenvalue weighted by atomic mass is 10.1. The van der Waals surface area contributed by atoms with Crippen molar-refractivity contribution in [3.8, 4) is 5.69 Å². The molecule has 0 aliphatic heterocycles. The lowest BCUT2D eigenvalue weighted by molar-refractivity contribution is -0.118. The lowest BCUT2D eigenvalue weighted by Gasteiger charge is -2.06. The van der Waals surface area contributed by atoms with E-state index in [-0.39, 0.29) is 16.6 Å². The molecule has 0 saturated carbocycles. The minimum Gasteiger partial charge on any atom is -0.355 e. The molecule has 146 valence electrons. The van der Waals surface area contributed by atoms with Crippen molar-refractivity contribution in [3.63, 3.8) is 0 Å². The zero-order valence-corrected chi connectivity index (χ0v) is 16.4. The Bertz CT molecular complexity index is 1040. The molecule has 0 aliphatic rings. The largest absolute Gasteiger partial charge is 0.355 e. The van der Waals surface area contributed by atoms with Crippen LogP contribution in [-0.4, -0.2) is 46.8 Å². The lowest BCUT2D eigenvalue weighted by Crippen LogP contribution is -2.27. The first-order chi connectivity index (χ1) is 13.4. The number of aromatic nitrogens is 4. The van der Waals surface area contributed by atoms with Gasteiger partial charge in [0.05, 0.1) is 16.3 Å². The number of rotatable bonds is 8. The number of nitrogens with two attached hydrogens (primary N) is 1. The van der Waals surface area contributed by atoms with Gasteiger partial charge in [0.25, 0.3) is 0 Å². The second kappa shape index (κ2) is 8.95. The zero-order valence-electron chi connectivity index (χ0n) is 14.7. The van der Waals surface area contributed by atoms with Crippen molar-refractivity contribution in [2.45, 2.75) is 16.5 Å². The standard InChI is InChI=1S/C17H18N6O3S2/c18-28(25,26)15-8-6-13(7-9-15)10-11-19-16(24)12-27-17-20-21-22-23(17)14-4-2-1-3-5-14/h1-9H,10-12H2,(H,19,24)(H2,18,25,26). The van der Waals surface area contributed by atoms with Gasteiger partial charge in [0.2, 0.25) is 21.1 Å². The molecule has 1 aromatic heterocycles. The fourth-order valence-electron chi connectivity index (χ4n) is 2.37. The molecule has 0 aliphatic carbocycles. The number of nitrogens with zero attached hydrogens (tertiary/aromatic N) is 4. The van der Waals surface area contributed by atoms with E-state index in [2.05, 4.69) is 20.8 Å². The maximum Gasteiger partial charge on any atom is 0.238 e. The van der Waals surface area contributed by atoms with Crippen molar-refractivity contribution in [1.82, 2.24) is 25.5 Å². The molecular formula is C17H18N6O3S2. The second-order valence-electron chi connectivity index (χ2n) is 5.79. The summed E-state index contributed by atoms with van der Waals surface area (Å²) in [6.45, 7) is 0.428. The molecule has 0 unspecified atom stereocenters. The minimum atomic E-state index is -3.70. The number of thioether (sulfide) groups is 1. The Morgan fingerprint density at radius 2 is 1.82 bits per heavy atom. The molecule has 28 heavy (non-hydrogen) atoms. The van der Waals surface area contributed by atoms with Crippen LogP contribution in [0.3, 0.4) is 0 Å². The quantitative estimate of drug-likeness (QED) is 0.516. The van der Waals surface area contributed by atoms with Gasteiger partial charge in [0.1, 0.15) is 0 Å². The molecule has 0 spiro atoms. The predicted octanol–water partition coefficient (Wildman–Crippen LogP) is 0.761. The van der Waals surface area contributed by atoms with Gasteiger partial charge in [-0.1, -0.05) is 42.1 Å². The average Bonchev–Trinajstić information content (AvgIpc) is 3.15. The molecule has 0 radical (unpaired) electrons. The summed E-state index contributed by atoms with van der Waals surface area (Å²) in [6.07, 6.45) is 0.572. The van der Waals surface area contributed by atoms with Crippen LogP contribution in [0, 0.1) is 0 Å². The number of hydrogen-bond donors (Lipinski definition) is 2. The fourth-order valence-corrected chi connectivity index (χ4v) is 3.61. The number of carbonyl (C=O) groups excluding carboxylic acids is 1. The van der Waals surface area contributed by atoms with Crippen LogP contribution in [0.25, 0.3) is 5.69 Å². The van der Waals surface area contributed by atoms with Gasteiger partial charge in [-0.3, -0.25) is 4.79 Å². The molecule has 1 amide bonds. The zero-order chi connectivity index (χ0) is 20.0. The Labute approximate surface area is 166 Å². The molecule has 3 N–H and O–H groups in total. The maximum absolute atomic E-state index is 12.1. The van der Waals surface area contributed by atoms with Gasteiger partial charge in [-0.15, -0.1) is 5.10 Å². The van der Waals surface area contributed by atoms with Gasteiger partial charge in [-0.05, 0) is 46.7 Å². The van der Waals surface area contributed by atoms with Crippen LogP contribution < -0.4 is 10.5 Å². The van der Waals surface area contributed by atoms with Crippen LogP contribution in [0.4, 0.5) is 0 Å². The smallest absolute Gasteiger partial charge is 0.238 e. The normalized spacial score (nSPS) is 11.3. The summed E-state index contributed by atoms with van der Waals surface area (Å²) in [5.41, 5.74) is 1.71. The molecule has 0 saturated heterocycles. The summed E-state index contributed by atoms with van der Waals surface area (Å²) in [5, 5.41) is 20.0. The second-order valence-corrected chi connectivity index (χ2v) is 8.29. The number of hydrogen-bond acceptors (Lipinski definition) is 7. The molecule has 2 aromatic carbocycles. The SMILES string of the molecule is NS(=O)(=O)c1ccc(CCNC(=O)CSc2nnnn2-c2ccccc2)cc1. The number of benzene rings is 2. The van der Waals surface area contributed by atoms with Gasteiger partial charge < -0.3 is 5.32 Å². The molecular weight excluding hydrogens is 400 g/mol. The first kappa shape index (κ1) is 20.0. The summed E-state index contributed by atoms with van der Waals surface area (Å²) < 4.78 is 24.0. The Balaban J connectivity index is 1.46. The third-order valence-electron chi connectivity index (χ3n) is 3.76. The van der Waals surface area contributed by atoms with E-state index in [0.29, 0.717) is 18.1 Å². The Morgan fingerprint density at radius 1 is 1.11 bits per heavy atom. The van der Waals surface area contributed by atoms with Gasteiger partial charge in [-0.25, -0.2) is 13.6 Å². The van der Waals surface area contributed by atoms with E-state index in [1.54, 1.807) is 16.8 Å². The van der Waals surface area contributed by atoms with E-state index in [9.17, 15) is 13.2 Å². The monoisotopic (exact) mass is 418 g/mol. The highest BCUT2D eigenvalue weighted by Crippen LogP contribution is 2.17. The highest BCUT2D eigenvalue weighted by atomic mass is 32.2. The maximum atomic E-state index is 12.1. The third kappa shape index (κ3) is 5.38. The molecule has 0 fully saturated rings. The fraction of sp³-hybridized carbons (Fsp3) is 0.176. The van der Waals surface area contributed by atoms with Crippen LogP contribution >= 0.6 is 11.8 Å². The molecule has 3 aromatic rings. The van der Waals surface area contributed by atoms with E-state index >= 15 is 0 Å². The Hall–Kier alpha value is -2.76.